The molecular weight excluding hydrogens is 1070 g/mol. The van der Waals surface area contributed by atoms with Crippen molar-refractivity contribution >= 4 is 29.8 Å². The summed E-state index contributed by atoms with van der Waals surface area (Å²) in [5.41, 5.74) is -4.37. The summed E-state index contributed by atoms with van der Waals surface area (Å²) in [6, 6.07) is 7.24. The Hall–Kier alpha value is -7.22. The molecule has 2 aromatic carbocycles. The van der Waals surface area contributed by atoms with Gasteiger partial charge in [0.2, 0.25) is 5.91 Å². The fourth-order valence-electron chi connectivity index (χ4n) is 8.25. The lowest BCUT2D eigenvalue weighted by molar-refractivity contribution is -0.239. The van der Waals surface area contributed by atoms with Gasteiger partial charge in [-0.3, -0.25) is 19.9 Å². The smallest absolute Gasteiger partial charge is 0.407 e. The lowest BCUT2D eigenvalue weighted by Gasteiger charge is -2.42. The first kappa shape index (κ1) is 61.0. The van der Waals surface area contributed by atoms with E-state index in [0.717, 1.165) is 71.8 Å². The van der Waals surface area contributed by atoms with Gasteiger partial charge in [0, 0.05) is 81.0 Å². The Bertz CT molecular complexity index is 2810. The van der Waals surface area contributed by atoms with Gasteiger partial charge in [0.1, 0.15) is 28.9 Å². The Labute approximate surface area is 447 Å². The van der Waals surface area contributed by atoms with E-state index in [1.807, 2.05) is 22.1 Å². The minimum Gasteiger partial charge on any atom is -0.453 e. The van der Waals surface area contributed by atoms with Gasteiger partial charge in [-0.2, -0.15) is 40.2 Å². The topological polar surface area (TPSA) is 205 Å². The van der Waals surface area contributed by atoms with Crippen molar-refractivity contribution in [3.63, 3.8) is 0 Å². The third kappa shape index (κ3) is 15.1. The number of pyridine rings is 1. The number of amides is 4. The van der Waals surface area contributed by atoms with Crippen LogP contribution in [0.25, 0.3) is 11.1 Å². The summed E-state index contributed by atoms with van der Waals surface area (Å²) in [6.45, 7) is 1.53. The van der Waals surface area contributed by atoms with Crippen LogP contribution in [0.2, 0.25) is 0 Å². The minimum absolute atomic E-state index is 0.177. The standard InChI is InChI=1S/C51H58F10N10O8/c1-48(2,50(56,57)58)41(66-47(76)77-6)43(73)65-38(19-30-10-7-29(8-11-30)9-12-31-13-14-40(63-22-31)69-17-15-68(16-18-69)34-27-78-28-34)39(72)26-70(67-44(74)42(79-46(75)62-5)49(3,4)51(59,60)61)25-35-36(52)20-32(21-37(35)53)33-23-64-71(24-33)45(54)55/h7-8,10-11,13-14,20-24,34,38-39,41-42,45,72H,15-19,25-28H2,1-6H3,(H,62,75)(H,65,73)(H,66,76)(H,67,74)/t38-,39-,41+,42+/m0/s1. The number of benzene rings is 2. The Morgan fingerprint density at radius 2 is 1.43 bits per heavy atom. The number of hydrogen-bond acceptors (Lipinski definition) is 13. The number of halogens is 10. The molecule has 4 atom stereocenters. The second-order valence-electron chi connectivity index (χ2n) is 19.8. The average Bonchev–Trinajstić information content (AvgIpc) is 3.99. The number of nitrogens with one attached hydrogen (secondary N) is 4. The molecular formula is C51H58F10N10O8. The van der Waals surface area contributed by atoms with Crippen molar-refractivity contribution < 1.29 is 82.4 Å². The van der Waals surface area contributed by atoms with Gasteiger partial charge in [0.05, 0.1) is 50.1 Å². The highest BCUT2D eigenvalue weighted by atomic mass is 19.4. The molecule has 0 bridgehead atoms. The van der Waals surface area contributed by atoms with Crippen molar-refractivity contribution in [1.29, 1.82) is 0 Å². The summed E-state index contributed by atoms with van der Waals surface area (Å²) in [6.07, 6.45) is -15.5. The van der Waals surface area contributed by atoms with Gasteiger partial charge in [-0.15, -0.1) is 0 Å². The van der Waals surface area contributed by atoms with Crippen molar-refractivity contribution in [3.8, 4) is 23.0 Å². The molecule has 2 saturated heterocycles. The SMILES string of the molecule is CNC(=O)O[C@H](C(=O)NN(Cc1c(F)cc(-c2cnn(C(F)F)c2)cc1F)C[C@H](O)[C@H](Cc1ccc(C#Cc2ccc(N3CCN(C4COC4)CC3)nc2)cc1)NC(=O)[C@@H](NC(=O)OC)C(C)(C)C(F)(F)F)C(C)(C)C(F)(F)F. The number of aliphatic hydroxyl groups is 1. The number of aliphatic hydroxyl groups excluding tert-OH is 1. The molecule has 430 valence electrons. The average molecular weight is 1130 g/mol. The van der Waals surface area contributed by atoms with Gasteiger partial charge >= 0.3 is 31.1 Å². The van der Waals surface area contributed by atoms with Crippen LogP contribution in [0.15, 0.2) is 67.1 Å². The predicted octanol–water partition coefficient (Wildman–Crippen LogP) is 6.09. The van der Waals surface area contributed by atoms with Gasteiger partial charge in [-0.25, -0.2) is 33.0 Å². The highest BCUT2D eigenvalue weighted by Gasteiger charge is 2.58. The van der Waals surface area contributed by atoms with E-state index in [-0.39, 0.29) is 21.4 Å². The van der Waals surface area contributed by atoms with Gasteiger partial charge in [-0.05, 0) is 81.6 Å². The number of hydrazine groups is 1. The van der Waals surface area contributed by atoms with Crippen LogP contribution >= 0.6 is 0 Å². The molecule has 4 amide bonds. The van der Waals surface area contributed by atoms with E-state index in [0.29, 0.717) is 62.0 Å². The van der Waals surface area contributed by atoms with Crippen LogP contribution in [0, 0.1) is 34.3 Å². The Morgan fingerprint density at radius 1 is 0.823 bits per heavy atom. The monoisotopic (exact) mass is 1130 g/mol. The minimum atomic E-state index is -5.26. The lowest BCUT2D eigenvalue weighted by atomic mass is 9.82. The number of carbonyl (C=O) groups is 4. The van der Waals surface area contributed by atoms with Crippen LogP contribution in [-0.4, -0.2) is 157 Å². The molecule has 0 aliphatic carbocycles. The van der Waals surface area contributed by atoms with Crippen molar-refractivity contribution in [2.24, 2.45) is 10.8 Å². The van der Waals surface area contributed by atoms with E-state index in [1.165, 1.54) is 24.3 Å². The van der Waals surface area contributed by atoms with E-state index in [9.17, 15) is 59.4 Å². The number of rotatable bonds is 19. The van der Waals surface area contributed by atoms with E-state index in [2.05, 4.69) is 41.8 Å². The molecule has 28 heteroatoms. The second kappa shape index (κ2) is 25.3. The third-order valence-electron chi connectivity index (χ3n) is 13.6. The van der Waals surface area contributed by atoms with E-state index < -0.39 is 115 Å². The molecule has 5 N–H and O–H groups in total. The number of carbonyl (C=O) groups excluding carboxylic acids is 4. The maximum atomic E-state index is 16.0. The molecule has 0 spiro atoms. The zero-order valence-corrected chi connectivity index (χ0v) is 43.4. The van der Waals surface area contributed by atoms with E-state index >= 15 is 8.78 Å². The van der Waals surface area contributed by atoms with Crippen molar-refractivity contribution in [3.05, 3.63) is 101 Å². The fraction of sp³-hybridized carbons (Fsp3) is 0.490. The highest BCUT2D eigenvalue weighted by molar-refractivity contribution is 5.87. The Balaban J connectivity index is 1.32. The quantitative estimate of drug-likeness (QED) is 0.0411. The van der Waals surface area contributed by atoms with Gasteiger partial charge < -0.3 is 40.2 Å². The predicted molar refractivity (Wildman–Crippen MR) is 262 cm³/mol. The Morgan fingerprint density at radius 3 is 1.95 bits per heavy atom. The molecule has 79 heavy (non-hydrogen) atoms. The van der Waals surface area contributed by atoms with Crippen molar-refractivity contribution in [2.75, 3.05) is 65.0 Å². The molecule has 0 radical (unpaired) electrons. The van der Waals surface area contributed by atoms with Crippen LogP contribution in [0.3, 0.4) is 0 Å². The summed E-state index contributed by atoms with van der Waals surface area (Å²) in [5.74, 6) is 0.630. The molecule has 4 aromatic rings. The van der Waals surface area contributed by atoms with E-state index in [4.69, 9.17) is 9.47 Å². The highest BCUT2D eigenvalue weighted by Crippen LogP contribution is 2.43. The second-order valence-corrected chi connectivity index (χ2v) is 19.8. The number of alkyl halides is 8. The largest absolute Gasteiger partial charge is 0.453 e. The zero-order valence-electron chi connectivity index (χ0n) is 43.4. The normalized spacial score (nSPS) is 16.2. The number of methoxy groups -OCH3 is 1. The molecule has 18 nitrogen and oxygen atoms in total. The van der Waals surface area contributed by atoms with Gasteiger partial charge in [-0.1, -0.05) is 24.0 Å². The number of nitrogens with zero attached hydrogens (tertiary/aromatic N) is 6. The summed E-state index contributed by atoms with van der Waals surface area (Å²) >= 11 is 0. The van der Waals surface area contributed by atoms with Crippen LogP contribution in [-0.2, 0) is 36.8 Å². The summed E-state index contributed by atoms with van der Waals surface area (Å²) in [5, 5.41) is 22.0. The van der Waals surface area contributed by atoms with Crippen LogP contribution in [0.5, 0.6) is 0 Å². The maximum Gasteiger partial charge on any atom is 0.407 e. The lowest BCUT2D eigenvalue weighted by Crippen LogP contribution is -2.62. The van der Waals surface area contributed by atoms with Gasteiger partial charge in [0.15, 0.2) is 6.10 Å². The number of aromatic nitrogens is 3. The van der Waals surface area contributed by atoms with Crippen LogP contribution in [0.1, 0.15) is 56.5 Å². The van der Waals surface area contributed by atoms with Crippen molar-refractivity contribution in [1.82, 2.24) is 46.0 Å². The number of ether oxygens (including phenoxy) is 3. The molecule has 2 aliphatic heterocycles. The van der Waals surface area contributed by atoms with Crippen molar-refractivity contribution in [2.45, 2.75) is 89.9 Å². The fourth-order valence-corrected chi connectivity index (χ4v) is 8.25. The molecule has 0 unspecified atom stereocenters. The van der Waals surface area contributed by atoms with Gasteiger partial charge in [0.25, 0.3) is 5.91 Å². The van der Waals surface area contributed by atoms with E-state index in [1.54, 1.807) is 12.3 Å². The van der Waals surface area contributed by atoms with Crippen LogP contribution < -0.4 is 26.3 Å². The third-order valence-corrected chi connectivity index (χ3v) is 13.6. The number of hydrogen-bond donors (Lipinski definition) is 5. The first-order chi connectivity index (χ1) is 37.0. The maximum absolute atomic E-state index is 16.0. The van der Waals surface area contributed by atoms with Crippen LogP contribution in [0.4, 0.5) is 59.3 Å². The summed E-state index contributed by atoms with van der Waals surface area (Å²) in [7, 11) is 1.79. The first-order valence-corrected chi connectivity index (χ1v) is 24.4. The molecule has 6 rings (SSSR count). The molecule has 2 fully saturated rings. The molecule has 0 saturated carbocycles. The summed E-state index contributed by atoms with van der Waals surface area (Å²) < 4.78 is 161. The number of anilines is 1. The Kier molecular flexibility index (Phi) is 19.5. The molecule has 2 aliphatic rings. The number of alkyl carbamates (subject to hydrolysis) is 2. The zero-order chi connectivity index (χ0) is 58.2. The summed E-state index contributed by atoms with van der Waals surface area (Å²) in [4.78, 5) is 61.9. The molecule has 2 aromatic heterocycles. The first-order valence-electron chi connectivity index (χ1n) is 24.4. The number of piperazine rings is 1. The molecule has 4 heterocycles.